The molecular formula is C21H14ClF2N3O2S2. The SMILES string of the molecule is O=C(CSc1nc2ccsc2c(=O)n1Cc1ccc(F)cc1)Nc1cc(F)ccc1Cl. The second-order valence-corrected chi connectivity index (χ2v) is 8.77. The summed E-state index contributed by atoms with van der Waals surface area (Å²) in [6, 6.07) is 11.2. The van der Waals surface area contributed by atoms with Crippen molar-refractivity contribution in [3.8, 4) is 0 Å². The molecule has 0 radical (unpaired) electrons. The number of hydrogen-bond acceptors (Lipinski definition) is 5. The number of thioether (sulfide) groups is 1. The molecule has 0 aliphatic rings. The molecule has 0 aliphatic heterocycles. The van der Waals surface area contributed by atoms with Gasteiger partial charge < -0.3 is 5.32 Å². The van der Waals surface area contributed by atoms with Gasteiger partial charge in [-0.1, -0.05) is 35.5 Å². The zero-order valence-electron chi connectivity index (χ0n) is 15.8. The molecule has 2 heterocycles. The van der Waals surface area contributed by atoms with Crippen molar-refractivity contribution in [2.45, 2.75) is 11.7 Å². The molecule has 158 valence electrons. The highest BCUT2D eigenvalue weighted by molar-refractivity contribution is 7.99. The van der Waals surface area contributed by atoms with Gasteiger partial charge in [-0.05, 0) is 47.3 Å². The van der Waals surface area contributed by atoms with Gasteiger partial charge in [-0.15, -0.1) is 11.3 Å². The van der Waals surface area contributed by atoms with Crippen molar-refractivity contribution in [3.63, 3.8) is 0 Å². The molecule has 0 bridgehead atoms. The number of nitrogens with zero attached hydrogens (tertiary/aromatic N) is 2. The number of hydrogen-bond donors (Lipinski definition) is 1. The van der Waals surface area contributed by atoms with Gasteiger partial charge in [-0.3, -0.25) is 14.2 Å². The van der Waals surface area contributed by atoms with E-state index in [9.17, 15) is 18.4 Å². The van der Waals surface area contributed by atoms with Gasteiger partial charge >= 0.3 is 0 Å². The first kappa shape index (κ1) is 21.5. The minimum Gasteiger partial charge on any atom is -0.324 e. The van der Waals surface area contributed by atoms with E-state index in [-0.39, 0.29) is 34.4 Å². The van der Waals surface area contributed by atoms with Crippen LogP contribution >= 0.6 is 34.7 Å². The smallest absolute Gasteiger partial charge is 0.272 e. The number of benzene rings is 2. The Balaban J connectivity index is 1.58. The lowest BCUT2D eigenvalue weighted by molar-refractivity contribution is -0.113. The van der Waals surface area contributed by atoms with Crippen LogP contribution in [-0.4, -0.2) is 21.2 Å². The fraction of sp³-hybridized carbons (Fsp3) is 0.0952. The van der Waals surface area contributed by atoms with Gasteiger partial charge in [-0.2, -0.15) is 0 Å². The number of aromatic nitrogens is 2. The summed E-state index contributed by atoms with van der Waals surface area (Å²) in [4.78, 5) is 29.9. The number of halogens is 3. The van der Waals surface area contributed by atoms with Crippen LogP contribution in [0.5, 0.6) is 0 Å². The number of thiophene rings is 1. The molecule has 2 aromatic heterocycles. The molecule has 1 N–H and O–H groups in total. The molecule has 4 aromatic rings. The first-order valence-corrected chi connectivity index (χ1v) is 11.3. The van der Waals surface area contributed by atoms with Gasteiger partial charge in [0, 0.05) is 0 Å². The average molecular weight is 478 g/mol. The lowest BCUT2D eigenvalue weighted by Crippen LogP contribution is -2.24. The standard InChI is InChI=1S/C21H14ClF2N3O2S2/c22-15-6-5-14(24)9-17(15)25-18(28)11-31-21-26-16-7-8-30-19(16)20(29)27(21)10-12-1-3-13(23)4-2-12/h1-9H,10-11H2,(H,25,28). The Kier molecular flexibility index (Phi) is 6.35. The monoisotopic (exact) mass is 477 g/mol. The Morgan fingerprint density at radius 2 is 1.87 bits per heavy atom. The van der Waals surface area contributed by atoms with E-state index < -0.39 is 11.7 Å². The number of fused-ring (bicyclic) bond motifs is 1. The molecule has 0 fully saturated rings. The molecule has 31 heavy (non-hydrogen) atoms. The molecule has 0 saturated carbocycles. The van der Waals surface area contributed by atoms with E-state index in [0.29, 0.717) is 15.4 Å². The van der Waals surface area contributed by atoms with Crippen LogP contribution in [0.4, 0.5) is 14.5 Å². The summed E-state index contributed by atoms with van der Waals surface area (Å²) in [5.41, 5.74) is 1.19. The summed E-state index contributed by atoms with van der Waals surface area (Å²) in [5.74, 6) is -1.39. The maximum Gasteiger partial charge on any atom is 0.272 e. The van der Waals surface area contributed by atoms with Crippen molar-refractivity contribution in [2.75, 3.05) is 11.1 Å². The first-order chi connectivity index (χ1) is 14.9. The maximum absolute atomic E-state index is 13.4. The minimum absolute atomic E-state index is 0.0711. The van der Waals surface area contributed by atoms with E-state index in [1.165, 1.54) is 40.2 Å². The van der Waals surface area contributed by atoms with E-state index in [1.54, 1.807) is 23.6 Å². The Bertz CT molecular complexity index is 1320. The van der Waals surface area contributed by atoms with Crippen molar-refractivity contribution in [1.82, 2.24) is 9.55 Å². The third-order valence-corrected chi connectivity index (χ3v) is 6.52. The summed E-state index contributed by atoms with van der Waals surface area (Å²) in [5, 5.41) is 4.89. The Morgan fingerprint density at radius 1 is 1.13 bits per heavy atom. The van der Waals surface area contributed by atoms with Crippen LogP contribution in [-0.2, 0) is 11.3 Å². The third kappa shape index (κ3) is 4.95. The van der Waals surface area contributed by atoms with Crippen LogP contribution < -0.4 is 10.9 Å². The van der Waals surface area contributed by atoms with Gasteiger partial charge in [0.1, 0.15) is 16.3 Å². The third-order valence-electron chi connectivity index (χ3n) is 4.32. The average Bonchev–Trinajstić information content (AvgIpc) is 3.22. The quantitative estimate of drug-likeness (QED) is 0.307. The molecule has 2 aromatic carbocycles. The molecule has 0 atom stereocenters. The second kappa shape index (κ2) is 9.17. The largest absolute Gasteiger partial charge is 0.324 e. The fourth-order valence-corrected chi connectivity index (χ4v) is 4.60. The van der Waals surface area contributed by atoms with E-state index in [2.05, 4.69) is 10.3 Å². The fourth-order valence-electron chi connectivity index (χ4n) is 2.86. The maximum atomic E-state index is 13.4. The normalized spacial score (nSPS) is 11.1. The summed E-state index contributed by atoms with van der Waals surface area (Å²) in [6.45, 7) is 0.180. The topological polar surface area (TPSA) is 64.0 Å². The van der Waals surface area contributed by atoms with Crippen LogP contribution in [0.25, 0.3) is 10.2 Å². The summed E-state index contributed by atoms with van der Waals surface area (Å²) < 4.78 is 28.6. The van der Waals surface area contributed by atoms with Crippen molar-refractivity contribution >= 4 is 56.5 Å². The molecule has 4 rings (SSSR count). The van der Waals surface area contributed by atoms with E-state index >= 15 is 0 Å². The molecule has 1 amide bonds. The van der Waals surface area contributed by atoms with Crippen LogP contribution in [0.15, 0.2) is 63.9 Å². The van der Waals surface area contributed by atoms with Gasteiger partial charge in [-0.25, -0.2) is 13.8 Å². The van der Waals surface area contributed by atoms with Gasteiger partial charge in [0.2, 0.25) is 5.91 Å². The Hall–Kier alpha value is -2.75. The molecule has 0 spiro atoms. The number of rotatable bonds is 6. The lowest BCUT2D eigenvalue weighted by atomic mass is 10.2. The van der Waals surface area contributed by atoms with Gasteiger partial charge in [0.05, 0.1) is 28.5 Å². The predicted octanol–water partition coefficient (Wildman–Crippen LogP) is 5.17. The summed E-state index contributed by atoms with van der Waals surface area (Å²) >= 11 is 8.34. The van der Waals surface area contributed by atoms with E-state index in [4.69, 9.17) is 11.6 Å². The summed E-state index contributed by atoms with van der Waals surface area (Å²) in [6.07, 6.45) is 0. The minimum atomic E-state index is -0.523. The van der Waals surface area contributed by atoms with Crippen molar-refractivity contribution in [2.24, 2.45) is 0 Å². The zero-order chi connectivity index (χ0) is 22.0. The number of anilines is 1. The number of carbonyl (C=O) groups excluding carboxylic acids is 1. The Labute approximate surface area is 188 Å². The van der Waals surface area contributed by atoms with Crippen LogP contribution in [0.2, 0.25) is 5.02 Å². The molecule has 0 aliphatic carbocycles. The number of amides is 1. The molecule has 5 nitrogen and oxygen atoms in total. The lowest BCUT2D eigenvalue weighted by Gasteiger charge is -2.12. The first-order valence-electron chi connectivity index (χ1n) is 9.01. The Morgan fingerprint density at radius 3 is 2.65 bits per heavy atom. The highest BCUT2D eigenvalue weighted by Crippen LogP contribution is 2.24. The highest BCUT2D eigenvalue weighted by atomic mass is 35.5. The predicted molar refractivity (Wildman–Crippen MR) is 120 cm³/mol. The van der Waals surface area contributed by atoms with Crippen molar-refractivity contribution in [3.05, 3.63) is 86.5 Å². The zero-order valence-corrected chi connectivity index (χ0v) is 18.2. The molecule has 10 heteroatoms. The van der Waals surface area contributed by atoms with E-state index in [1.807, 2.05) is 0 Å². The molecule has 0 unspecified atom stereocenters. The summed E-state index contributed by atoms with van der Waals surface area (Å²) in [7, 11) is 0. The van der Waals surface area contributed by atoms with Crippen LogP contribution in [0.1, 0.15) is 5.56 Å². The van der Waals surface area contributed by atoms with Crippen molar-refractivity contribution < 1.29 is 13.6 Å². The van der Waals surface area contributed by atoms with Crippen LogP contribution in [0.3, 0.4) is 0 Å². The van der Waals surface area contributed by atoms with Crippen molar-refractivity contribution in [1.29, 1.82) is 0 Å². The van der Waals surface area contributed by atoms with E-state index in [0.717, 1.165) is 23.4 Å². The van der Waals surface area contributed by atoms with Gasteiger partial charge in [0.15, 0.2) is 5.16 Å². The highest BCUT2D eigenvalue weighted by Gasteiger charge is 2.15. The number of carbonyl (C=O) groups is 1. The van der Waals surface area contributed by atoms with Gasteiger partial charge in [0.25, 0.3) is 5.56 Å². The number of nitrogens with one attached hydrogen (secondary N) is 1. The van der Waals surface area contributed by atoms with Crippen LogP contribution in [0, 0.1) is 11.6 Å². The second-order valence-electron chi connectivity index (χ2n) is 6.51. The molecular weight excluding hydrogens is 464 g/mol. The molecule has 0 saturated heterocycles.